The largest absolute Gasteiger partial charge is 0.456 e. The first kappa shape index (κ1) is 11.6. The Bertz CT molecular complexity index is 1030. The summed E-state index contributed by atoms with van der Waals surface area (Å²) in [6, 6.07) is 19.1. The predicted molar refractivity (Wildman–Crippen MR) is 89.7 cm³/mol. The molecule has 0 saturated heterocycles. The average Bonchev–Trinajstić information content (AvgIpc) is 3.05. The molecule has 1 heterocycles. The Balaban J connectivity index is 1.92. The van der Waals surface area contributed by atoms with Crippen LogP contribution >= 0.6 is 15.9 Å². The van der Waals surface area contributed by atoms with E-state index in [1.54, 1.807) is 0 Å². The first-order valence-electron chi connectivity index (χ1n) is 7.04. The molecule has 1 nitrogen and oxygen atoms in total. The van der Waals surface area contributed by atoms with Gasteiger partial charge in [-0.05, 0) is 34.9 Å². The van der Waals surface area contributed by atoms with E-state index in [0.717, 1.165) is 22.1 Å². The molecule has 0 radical (unpaired) electrons. The molecule has 0 fully saturated rings. The van der Waals surface area contributed by atoms with Crippen molar-refractivity contribution in [3.8, 4) is 11.1 Å². The van der Waals surface area contributed by atoms with Crippen molar-refractivity contribution in [2.24, 2.45) is 0 Å². The Morgan fingerprint density at radius 3 is 2.71 bits per heavy atom. The molecule has 5 rings (SSSR count). The van der Waals surface area contributed by atoms with Crippen LogP contribution in [0.3, 0.4) is 0 Å². The third kappa shape index (κ3) is 1.46. The number of para-hydroxylation sites is 1. The summed E-state index contributed by atoms with van der Waals surface area (Å²) in [6.45, 7) is 0. The molecule has 0 aliphatic heterocycles. The van der Waals surface area contributed by atoms with Crippen LogP contribution in [0.4, 0.5) is 0 Å². The van der Waals surface area contributed by atoms with Crippen molar-refractivity contribution in [1.29, 1.82) is 0 Å². The quantitative estimate of drug-likeness (QED) is 0.342. The van der Waals surface area contributed by atoms with Gasteiger partial charge in [0, 0.05) is 27.2 Å². The van der Waals surface area contributed by atoms with Crippen molar-refractivity contribution in [1.82, 2.24) is 0 Å². The van der Waals surface area contributed by atoms with Crippen molar-refractivity contribution < 1.29 is 4.42 Å². The molecule has 0 N–H and O–H groups in total. The van der Waals surface area contributed by atoms with Crippen LogP contribution in [0, 0.1) is 0 Å². The highest BCUT2D eigenvalue weighted by Gasteiger charge is 2.24. The molecule has 1 aliphatic rings. The van der Waals surface area contributed by atoms with Gasteiger partial charge in [0.15, 0.2) is 0 Å². The summed E-state index contributed by atoms with van der Waals surface area (Å²) in [5, 5.41) is 2.42. The molecule has 21 heavy (non-hydrogen) atoms. The highest BCUT2D eigenvalue weighted by Crippen LogP contribution is 2.45. The van der Waals surface area contributed by atoms with Crippen LogP contribution in [0.5, 0.6) is 0 Å². The molecule has 4 aromatic rings. The minimum Gasteiger partial charge on any atom is -0.456 e. The average molecular weight is 335 g/mol. The minimum absolute atomic E-state index is 0.946. The van der Waals surface area contributed by atoms with E-state index >= 15 is 0 Å². The number of fused-ring (bicyclic) bond motifs is 7. The van der Waals surface area contributed by atoms with E-state index in [0.29, 0.717) is 0 Å². The van der Waals surface area contributed by atoms with Crippen LogP contribution < -0.4 is 0 Å². The lowest BCUT2D eigenvalue weighted by atomic mass is 10.0. The molecule has 0 spiro atoms. The van der Waals surface area contributed by atoms with Gasteiger partial charge in [-0.2, -0.15) is 0 Å². The maximum Gasteiger partial charge on any atom is 0.139 e. The Morgan fingerprint density at radius 1 is 0.857 bits per heavy atom. The third-order valence-corrected chi connectivity index (χ3v) is 5.05. The molecule has 3 aromatic carbocycles. The van der Waals surface area contributed by atoms with Crippen LogP contribution in [0.1, 0.15) is 11.1 Å². The second kappa shape index (κ2) is 3.99. The topological polar surface area (TPSA) is 13.1 Å². The Hall–Kier alpha value is -2.06. The second-order valence-electron chi connectivity index (χ2n) is 5.52. The second-order valence-corrected chi connectivity index (χ2v) is 6.37. The highest BCUT2D eigenvalue weighted by atomic mass is 79.9. The molecule has 0 saturated carbocycles. The van der Waals surface area contributed by atoms with E-state index in [9.17, 15) is 0 Å². The molecule has 0 bridgehead atoms. The molecular formula is C19H11BrO. The number of halogens is 1. The lowest BCUT2D eigenvalue weighted by Gasteiger charge is -2.03. The van der Waals surface area contributed by atoms with Gasteiger partial charge < -0.3 is 4.42 Å². The van der Waals surface area contributed by atoms with Crippen molar-refractivity contribution in [3.05, 3.63) is 70.2 Å². The summed E-state index contributed by atoms with van der Waals surface area (Å²) in [6.07, 6.45) is 0.946. The van der Waals surface area contributed by atoms with E-state index in [4.69, 9.17) is 4.42 Å². The molecule has 100 valence electrons. The third-order valence-electron chi connectivity index (χ3n) is 4.39. The molecule has 1 aliphatic carbocycles. The fourth-order valence-corrected chi connectivity index (χ4v) is 4.08. The van der Waals surface area contributed by atoms with Gasteiger partial charge >= 0.3 is 0 Å². The van der Waals surface area contributed by atoms with Crippen molar-refractivity contribution >= 4 is 37.9 Å². The molecule has 0 atom stereocenters. The Labute approximate surface area is 130 Å². The van der Waals surface area contributed by atoms with Gasteiger partial charge in [-0.15, -0.1) is 0 Å². The SMILES string of the molecule is Brc1cccc2c1-c1ccc3c(oc4ccccc43)c1C2. The van der Waals surface area contributed by atoms with Crippen LogP contribution in [0.15, 0.2) is 63.5 Å². The number of hydrogen-bond donors (Lipinski definition) is 0. The van der Waals surface area contributed by atoms with Crippen LogP contribution in [-0.2, 0) is 6.42 Å². The zero-order chi connectivity index (χ0) is 14.0. The first-order chi connectivity index (χ1) is 10.3. The van der Waals surface area contributed by atoms with Crippen molar-refractivity contribution in [3.63, 3.8) is 0 Å². The summed E-state index contributed by atoms with van der Waals surface area (Å²) in [5.74, 6) is 0. The van der Waals surface area contributed by atoms with E-state index in [1.165, 1.54) is 33.0 Å². The molecular weight excluding hydrogens is 324 g/mol. The van der Waals surface area contributed by atoms with Crippen LogP contribution in [0.25, 0.3) is 33.1 Å². The lowest BCUT2D eigenvalue weighted by Crippen LogP contribution is -1.80. The maximum absolute atomic E-state index is 6.15. The molecule has 0 unspecified atom stereocenters. The normalized spacial score (nSPS) is 12.8. The van der Waals surface area contributed by atoms with Gasteiger partial charge in [0.2, 0.25) is 0 Å². The molecule has 1 aromatic heterocycles. The van der Waals surface area contributed by atoms with Gasteiger partial charge in [-0.25, -0.2) is 0 Å². The number of furan rings is 1. The zero-order valence-electron chi connectivity index (χ0n) is 11.2. The number of rotatable bonds is 0. The molecule has 0 amide bonds. The van der Waals surface area contributed by atoms with Gasteiger partial charge in [-0.3, -0.25) is 0 Å². The summed E-state index contributed by atoms with van der Waals surface area (Å²) in [5.41, 5.74) is 7.30. The first-order valence-corrected chi connectivity index (χ1v) is 7.83. The minimum atomic E-state index is 0.946. The van der Waals surface area contributed by atoms with E-state index in [2.05, 4.69) is 58.4 Å². The van der Waals surface area contributed by atoms with E-state index in [-0.39, 0.29) is 0 Å². The summed E-state index contributed by atoms with van der Waals surface area (Å²) in [7, 11) is 0. The lowest BCUT2D eigenvalue weighted by molar-refractivity contribution is 0.665. The predicted octanol–water partition coefficient (Wildman–Crippen LogP) is 5.92. The van der Waals surface area contributed by atoms with Crippen molar-refractivity contribution in [2.75, 3.05) is 0 Å². The van der Waals surface area contributed by atoms with Gasteiger partial charge in [0.1, 0.15) is 11.2 Å². The monoisotopic (exact) mass is 334 g/mol. The number of benzene rings is 3. The standard InChI is InChI=1S/C19H11BrO/c20-16-6-3-4-11-10-15-13(18(11)16)8-9-14-12-5-1-2-7-17(12)21-19(14)15/h1-9H,10H2. The van der Waals surface area contributed by atoms with Crippen LogP contribution in [0.2, 0.25) is 0 Å². The Kier molecular flexibility index (Phi) is 2.20. The van der Waals surface area contributed by atoms with Crippen LogP contribution in [-0.4, -0.2) is 0 Å². The molecule has 2 heteroatoms. The zero-order valence-corrected chi connectivity index (χ0v) is 12.8. The smallest absolute Gasteiger partial charge is 0.139 e. The number of hydrogen-bond acceptors (Lipinski definition) is 1. The summed E-state index contributed by atoms with van der Waals surface area (Å²) < 4.78 is 7.31. The van der Waals surface area contributed by atoms with E-state index < -0.39 is 0 Å². The van der Waals surface area contributed by atoms with Crippen molar-refractivity contribution in [2.45, 2.75) is 6.42 Å². The van der Waals surface area contributed by atoms with Gasteiger partial charge in [0.25, 0.3) is 0 Å². The fourth-order valence-electron chi connectivity index (χ4n) is 3.46. The maximum atomic E-state index is 6.15. The highest BCUT2D eigenvalue weighted by molar-refractivity contribution is 9.10. The van der Waals surface area contributed by atoms with Gasteiger partial charge in [0.05, 0.1) is 0 Å². The summed E-state index contributed by atoms with van der Waals surface area (Å²) in [4.78, 5) is 0. The fraction of sp³-hybridized carbons (Fsp3) is 0.0526. The van der Waals surface area contributed by atoms with E-state index in [1.807, 2.05) is 12.1 Å². The summed E-state index contributed by atoms with van der Waals surface area (Å²) >= 11 is 3.69. The Morgan fingerprint density at radius 2 is 1.76 bits per heavy atom. The van der Waals surface area contributed by atoms with Gasteiger partial charge in [-0.1, -0.05) is 52.3 Å².